The Hall–Kier alpha value is -3.88. The monoisotopic (exact) mass is 535 g/mol. The number of nitrogens with two attached hydrogens (primary N) is 1. The molecule has 3 aromatic heterocycles. The minimum absolute atomic E-state index is 0.0943. The van der Waals surface area contributed by atoms with E-state index >= 15 is 0 Å². The molecule has 3 N–H and O–H groups in total. The molecule has 0 unspecified atom stereocenters. The van der Waals surface area contributed by atoms with Crippen molar-refractivity contribution in [2.24, 2.45) is 0 Å². The fourth-order valence-corrected chi connectivity index (χ4v) is 5.13. The molecule has 0 saturated heterocycles. The first kappa shape index (κ1) is 22.9. The number of nitrogens with one attached hydrogen (secondary N) is 1. The van der Waals surface area contributed by atoms with Gasteiger partial charge >= 0.3 is 0 Å². The maximum absolute atomic E-state index is 14.9. The summed E-state index contributed by atoms with van der Waals surface area (Å²) in [5, 5.41) is 0.243. The van der Waals surface area contributed by atoms with Crippen LogP contribution in [0.1, 0.15) is 0 Å². The third kappa shape index (κ3) is 4.34. The zero-order valence-electron chi connectivity index (χ0n) is 17.2. The van der Waals surface area contributed by atoms with Crippen LogP contribution in [-0.4, -0.2) is 32.1 Å². The molecule has 3 heterocycles. The molecular formula is C20H12ClF2N7O3S2. The van der Waals surface area contributed by atoms with Crippen molar-refractivity contribution in [1.82, 2.24) is 23.7 Å². The largest absolute Gasteiger partial charge is 0.453 e. The molecule has 0 amide bonds. The van der Waals surface area contributed by atoms with Crippen molar-refractivity contribution >= 4 is 49.6 Å². The Bertz CT molecular complexity index is 1680. The molecule has 0 aliphatic heterocycles. The predicted octanol–water partition coefficient (Wildman–Crippen LogP) is 4.35. The highest BCUT2D eigenvalue weighted by Crippen LogP contribution is 2.37. The average Bonchev–Trinajstić information content (AvgIpc) is 3.50. The van der Waals surface area contributed by atoms with Crippen molar-refractivity contribution < 1.29 is 21.9 Å². The summed E-state index contributed by atoms with van der Waals surface area (Å²) in [6.07, 6.45) is 5.59. The highest BCUT2D eigenvalue weighted by Gasteiger charge is 2.24. The fourth-order valence-electron chi connectivity index (χ4n) is 3.23. The molecule has 15 heteroatoms. The second kappa shape index (κ2) is 8.72. The highest BCUT2D eigenvalue weighted by molar-refractivity contribution is 7.93. The van der Waals surface area contributed by atoms with Gasteiger partial charge in [-0.15, -0.1) is 0 Å². The van der Waals surface area contributed by atoms with Crippen LogP contribution in [0.15, 0.2) is 60.3 Å². The molecule has 0 spiro atoms. The van der Waals surface area contributed by atoms with Crippen molar-refractivity contribution in [3.05, 3.63) is 72.0 Å². The van der Waals surface area contributed by atoms with Gasteiger partial charge in [-0.05, 0) is 18.2 Å². The van der Waals surface area contributed by atoms with E-state index in [9.17, 15) is 17.2 Å². The number of rotatable bonds is 6. The lowest BCUT2D eigenvalue weighted by Gasteiger charge is -2.15. The summed E-state index contributed by atoms with van der Waals surface area (Å²) in [5.41, 5.74) is 7.24. The summed E-state index contributed by atoms with van der Waals surface area (Å²) in [4.78, 5) is 10.9. The van der Waals surface area contributed by atoms with E-state index in [0.717, 1.165) is 17.9 Å². The van der Waals surface area contributed by atoms with Crippen LogP contribution in [-0.2, 0) is 10.0 Å². The van der Waals surface area contributed by atoms with E-state index in [2.05, 4.69) is 19.3 Å². The number of anilines is 2. The number of nitrogens with zero attached hydrogens (tertiary/aromatic N) is 5. The predicted molar refractivity (Wildman–Crippen MR) is 125 cm³/mol. The SMILES string of the molecule is Nc1ncc(-c2cc(Cl)ccc2Oc2cc(F)c(S(=O)(=O)Nc3ncns3)cc2F)n2cncc12. The lowest BCUT2D eigenvalue weighted by Crippen LogP contribution is -2.15. The number of nitrogen functional groups attached to an aromatic ring is 1. The lowest BCUT2D eigenvalue weighted by molar-refractivity contribution is 0.433. The molecule has 2 aromatic carbocycles. The van der Waals surface area contributed by atoms with Gasteiger partial charge in [0.2, 0.25) is 5.13 Å². The van der Waals surface area contributed by atoms with Gasteiger partial charge in [-0.1, -0.05) is 11.6 Å². The third-order valence-corrected chi connectivity index (χ3v) is 7.08. The maximum atomic E-state index is 14.9. The van der Waals surface area contributed by atoms with Gasteiger partial charge in [0.25, 0.3) is 10.0 Å². The Kier molecular flexibility index (Phi) is 5.70. The second-order valence-electron chi connectivity index (χ2n) is 6.99. The van der Waals surface area contributed by atoms with Gasteiger partial charge in [0.15, 0.2) is 11.6 Å². The Morgan fingerprint density at radius 1 is 1.09 bits per heavy atom. The van der Waals surface area contributed by atoms with E-state index in [1.54, 1.807) is 10.5 Å². The van der Waals surface area contributed by atoms with Gasteiger partial charge in [-0.25, -0.2) is 32.2 Å². The van der Waals surface area contributed by atoms with Crippen molar-refractivity contribution in [3.8, 4) is 22.8 Å². The zero-order valence-corrected chi connectivity index (χ0v) is 19.6. The molecule has 178 valence electrons. The van der Waals surface area contributed by atoms with Crippen LogP contribution < -0.4 is 15.2 Å². The van der Waals surface area contributed by atoms with E-state index < -0.39 is 32.3 Å². The molecule has 10 nitrogen and oxygen atoms in total. The molecule has 0 bridgehead atoms. The first-order chi connectivity index (χ1) is 16.7. The van der Waals surface area contributed by atoms with Gasteiger partial charge in [0.1, 0.15) is 34.1 Å². The van der Waals surface area contributed by atoms with Gasteiger partial charge in [0, 0.05) is 34.3 Å². The summed E-state index contributed by atoms with van der Waals surface area (Å²) < 4.78 is 67.7. The van der Waals surface area contributed by atoms with Gasteiger partial charge in [0.05, 0.1) is 24.4 Å². The van der Waals surface area contributed by atoms with Gasteiger partial charge in [-0.3, -0.25) is 9.12 Å². The summed E-state index contributed by atoms with van der Waals surface area (Å²) in [6.45, 7) is 0. The van der Waals surface area contributed by atoms with Crippen LogP contribution in [0.3, 0.4) is 0 Å². The fraction of sp³-hybridized carbons (Fsp3) is 0. The van der Waals surface area contributed by atoms with Gasteiger partial charge < -0.3 is 10.5 Å². The van der Waals surface area contributed by atoms with Gasteiger partial charge in [-0.2, -0.15) is 4.37 Å². The average molecular weight is 536 g/mol. The highest BCUT2D eigenvalue weighted by atomic mass is 35.5. The molecule has 0 aliphatic carbocycles. The van der Waals surface area contributed by atoms with E-state index in [1.165, 1.54) is 30.9 Å². The van der Waals surface area contributed by atoms with Crippen LogP contribution >= 0.6 is 23.1 Å². The first-order valence-electron chi connectivity index (χ1n) is 9.56. The number of halogens is 3. The first-order valence-corrected chi connectivity index (χ1v) is 12.2. The van der Waals surface area contributed by atoms with Crippen molar-refractivity contribution in [2.45, 2.75) is 4.90 Å². The molecule has 0 atom stereocenters. The van der Waals surface area contributed by atoms with E-state index in [-0.39, 0.29) is 16.7 Å². The molecule has 0 fully saturated rings. The van der Waals surface area contributed by atoms with Crippen LogP contribution in [0.2, 0.25) is 5.02 Å². The molecular weight excluding hydrogens is 524 g/mol. The summed E-state index contributed by atoms with van der Waals surface area (Å²) in [5.74, 6) is -2.57. The molecule has 35 heavy (non-hydrogen) atoms. The topological polar surface area (TPSA) is 137 Å². The number of ether oxygens (including phenoxy) is 1. The minimum Gasteiger partial charge on any atom is -0.453 e. The third-order valence-electron chi connectivity index (χ3n) is 4.78. The lowest BCUT2D eigenvalue weighted by atomic mass is 10.1. The van der Waals surface area contributed by atoms with E-state index in [1.807, 2.05) is 4.72 Å². The Labute approximate surface area is 205 Å². The smallest absolute Gasteiger partial charge is 0.266 e. The van der Waals surface area contributed by atoms with Crippen molar-refractivity contribution in [1.29, 1.82) is 0 Å². The van der Waals surface area contributed by atoms with Crippen LogP contribution in [0, 0.1) is 11.6 Å². The van der Waals surface area contributed by atoms with Crippen LogP contribution in [0.4, 0.5) is 19.7 Å². The van der Waals surface area contributed by atoms with E-state index in [0.29, 0.717) is 33.9 Å². The second-order valence-corrected chi connectivity index (χ2v) is 9.85. The Morgan fingerprint density at radius 3 is 2.69 bits per heavy atom. The summed E-state index contributed by atoms with van der Waals surface area (Å²) in [6, 6.07) is 5.65. The standard InChI is InChI=1S/C20H12ClF2N7O3S2/c21-10-1-2-16(11(3-10)14-7-26-19(24)15-6-25-9-30(14)15)33-17-4-13(23)18(5-12(17)22)35(31,32)29-20-27-8-28-34-20/h1-9H,(H2,24,26)(H,27,28,29). The summed E-state index contributed by atoms with van der Waals surface area (Å²) >= 11 is 6.91. The molecule has 5 rings (SSSR count). The Morgan fingerprint density at radius 2 is 1.91 bits per heavy atom. The number of hydrogen-bond acceptors (Lipinski definition) is 9. The minimum atomic E-state index is -4.47. The zero-order chi connectivity index (χ0) is 24.7. The number of sulfonamides is 1. The number of benzene rings is 2. The maximum Gasteiger partial charge on any atom is 0.266 e. The van der Waals surface area contributed by atoms with Crippen LogP contribution in [0.25, 0.3) is 16.8 Å². The summed E-state index contributed by atoms with van der Waals surface area (Å²) in [7, 11) is -4.47. The Balaban J connectivity index is 1.55. The number of fused-ring (bicyclic) bond motifs is 1. The van der Waals surface area contributed by atoms with E-state index in [4.69, 9.17) is 22.1 Å². The van der Waals surface area contributed by atoms with Crippen molar-refractivity contribution in [3.63, 3.8) is 0 Å². The molecule has 0 aliphatic rings. The quantitative estimate of drug-likeness (QED) is 0.327. The number of aromatic nitrogens is 5. The number of imidazole rings is 1. The molecule has 0 radical (unpaired) electrons. The van der Waals surface area contributed by atoms with Crippen molar-refractivity contribution in [2.75, 3.05) is 10.5 Å². The normalized spacial score (nSPS) is 11.6. The molecule has 5 aromatic rings. The number of hydrogen-bond donors (Lipinski definition) is 2. The van der Waals surface area contributed by atoms with Crippen LogP contribution in [0.5, 0.6) is 11.5 Å². The molecule has 0 saturated carbocycles.